The number of unbranched alkanes of at least 4 members (excludes halogenated alkanes) is 1. The molecule has 1 aliphatic rings. The number of sulfonamides is 1. The van der Waals surface area contributed by atoms with Crippen LogP contribution in [0.1, 0.15) is 18.4 Å². The molecular formula is C13H20N2O3S. The molecule has 0 fully saturated rings. The minimum atomic E-state index is -3.22. The predicted molar refractivity (Wildman–Crippen MR) is 74.4 cm³/mol. The quantitative estimate of drug-likeness (QED) is 0.817. The van der Waals surface area contributed by atoms with Gasteiger partial charge in [-0.1, -0.05) is 18.2 Å². The number of hydrogen-bond acceptors (Lipinski definition) is 4. The average molecular weight is 284 g/mol. The first-order valence-corrected chi connectivity index (χ1v) is 8.13. The maximum atomic E-state index is 12.3. The second-order valence-electron chi connectivity index (χ2n) is 4.60. The van der Waals surface area contributed by atoms with Crippen LogP contribution in [0.4, 0.5) is 0 Å². The van der Waals surface area contributed by atoms with E-state index in [-0.39, 0.29) is 5.75 Å². The SMILES string of the molecule is NCCCCS(=O)(=O)N1CCOc2ccccc2C1. The Morgan fingerprint density at radius 3 is 2.84 bits per heavy atom. The largest absolute Gasteiger partial charge is 0.492 e. The Morgan fingerprint density at radius 2 is 2.05 bits per heavy atom. The van der Waals surface area contributed by atoms with Crippen molar-refractivity contribution >= 4 is 10.0 Å². The normalized spacial score (nSPS) is 16.5. The van der Waals surface area contributed by atoms with E-state index in [1.807, 2.05) is 24.3 Å². The summed E-state index contributed by atoms with van der Waals surface area (Å²) in [7, 11) is -3.22. The zero-order valence-corrected chi connectivity index (χ0v) is 11.7. The summed E-state index contributed by atoms with van der Waals surface area (Å²) in [5.41, 5.74) is 6.32. The highest BCUT2D eigenvalue weighted by Crippen LogP contribution is 2.24. The molecule has 2 rings (SSSR count). The highest BCUT2D eigenvalue weighted by molar-refractivity contribution is 7.89. The maximum Gasteiger partial charge on any atom is 0.214 e. The molecule has 0 radical (unpaired) electrons. The molecule has 6 heteroatoms. The van der Waals surface area contributed by atoms with Crippen LogP contribution in [0.5, 0.6) is 5.75 Å². The Kier molecular flexibility index (Phi) is 4.79. The first kappa shape index (κ1) is 14.3. The Labute approximate surface area is 114 Å². The molecule has 19 heavy (non-hydrogen) atoms. The third kappa shape index (κ3) is 3.68. The van der Waals surface area contributed by atoms with E-state index in [1.165, 1.54) is 4.31 Å². The van der Waals surface area contributed by atoms with Gasteiger partial charge in [0.2, 0.25) is 10.0 Å². The molecule has 1 aromatic rings. The van der Waals surface area contributed by atoms with Gasteiger partial charge in [0.15, 0.2) is 0 Å². The van der Waals surface area contributed by atoms with Crippen LogP contribution < -0.4 is 10.5 Å². The number of nitrogens with two attached hydrogens (primary N) is 1. The van der Waals surface area contributed by atoms with E-state index in [0.29, 0.717) is 32.7 Å². The fourth-order valence-electron chi connectivity index (χ4n) is 2.10. The molecule has 1 heterocycles. The lowest BCUT2D eigenvalue weighted by Gasteiger charge is -2.19. The van der Waals surface area contributed by atoms with Gasteiger partial charge in [-0.3, -0.25) is 0 Å². The third-order valence-corrected chi connectivity index (χ3v) is 5.07. The Hall–Kier alpha value is -1.11. The summed E-state index contributed by atoms with van der Waals surface area (Å²) in [4.78, 5) is 0. The van der Waals surface area contributed by atoms with E-state index < -0.39 is 10.0 Å². The van der Waals surface area contributed by atoms with E-state index in [9.17, 15) is 8.42 Å². The number of benzene rings is 1. The molecule has 0 bridgehead atoms. The number of fused-ring (bicyclic) bond motifs is 1. The highest BCUT2D eigenvalue weighted by atomic mass is 32.2. The van der Waals surface area contributed by atoms with Gasteiger partial charge >= 0.3 is 0 Å². The molecule has 0 amide bonds. The van der Waals surface area contributed by atoms with Gasteiger partial charge in [-0.05, 0) is 25.5 Å². The van der Waals surface area contributed by atoms with E-state index >= 15 is 0 Å². The Bertz CT molecular complexity index is 516. The molecule has 5 nitrogen and oxygen atoms in total. The van der Waals surface area contributed by atoms with Crippen LogP contribution in [0.15, 0.2) is 24.3 Å². The van der Waals surface area contributed by atoms with Crippen LogP contribution in [0.2, 0.25) is 0 Å². The lowest BCUT2D eigenvalue weighted by atomic mass is 10.2. The van der Waals surface area contributed by atoms with Gasteiger partial charge in [0, 0.05) is 18.7 Å². The molecule has 0 saturated heterocycles. The molecule has 0 unspecified atom stereocenters. The number of ether oxygens (including phenoxy) is 1. The Morgan fingerprint density at radius 1 is 1.26 bits per heavy atom. The van der Waals surface area contributed by atoms with Gasteiger partial charge in [-0.2, -0.15) is 4.31 Å². The summed E-state index contributed by atoms with van der Waals surface area (Å²) in [5.74, 6) is 0.939. The van der Waals surface area contributed by atoms with Crippen LogP contribution in [0.3, 0.4) is 0 Å². The van der Waals surface area contributed by atoms with Gasteiger partial charge in [0.25, 0.3) is 0 Å². The van der Waals surface area contributed by atoms with Gasteiger partial charge < -0.3 is 10.5 Å². The monoisotopic (exact) mass is 284 g/mol. The van der Waals surface area contributed by atoms with Crippen molar-refractivity contribution in [2.45, 2.75) is 19.4 Å². The molecular weight excluding hydrogens is 264 g/mol. The van der Waals surface area contributed by atoms with Crippen molar-refractivity contribution in [3.05, 3.63) is 29.8 Å². The number of nitrogens with zero attached hydrogens (tertiary/aromatic N) is 1. The Balaban J connectivity index is 2.09. The zero-order valence-electron chi connectivity index (χ0n) is 10.9. The zero-order chi connectivity index (χ0) is 13.7. The summed E-state index contributed by atoms with van der Waals surface area (Å²) >= 11 is 0. The van der Waals surface area contributed by atoms with E-state index in [0.717, 1.165) is 17.7 Å². The molecule has 0 aliphatic carbocycles. The minimum Gasteiger partial charge on any atom is -0.492 e. The molecule has 2 N–H and O–H groups in total. The maximum absolute atomic E-state index is 12.3. The fraction of sp³-hybridized carbons (Fsp3) is 0.538. The molecule has 0 spiro atoms. The second-order valence-corrected chi connectivity index (χ2v) is 6.69. The van der Waals surface area contributed by atoms with Gasteiger partial charge in [-0.25, -0.2) is 8.42 Å². The topological polar surface area (TPSA) is 72.6 Å². The van der Waals surface area contributed by atoms with Gasteiger partial charge in [0.05, 0.1) is 5.75 Å². The summed E-state index contributed by atoms with van der Waals surface area (Å²) in [6, 6.07) is 7.57. The smallest absolute Gasteiger partial charge is 0.214 e. The van der Waals surface area contributed by atoms with Crippen molar-refractivity contribution in [2.24, 2.45) is 5.73 Å². The third-order valence-electron chi connectivity index (χ3n) is 3.17. The van der Waals surface area contributed by atoms with Crippen molar-refractivity contribution in [2.75, 3.05) is 25.4 Å². The van der Waals surface area contributed by atoms with Gasteiger partial charge in [0.1, 0.15) is 12.4 Å². The van der Waals surface area contributed by atoms with Crippen LogP contribution >= 0.6 is 0 Å². The van der Waals surface area contributed by atoms with Crippen molar-refractivity contribution < 1.29 is 13.2 Å². The fourth-order valence-corrected chi connectivity index (χ4v) is 3.61. The standard InChI is InChI=1S/C13H20N2O3S/c14-7-3-4-10-19(16,17)15-8-9-18-13-6-2-1-5-12(13)11-15/h1-2,5-6H,3-4,7-11,14H2. The molecule has 1 aliphatic heterocycles. The molecule has 106 valence electrons. The van der Waals surface area contributed by atoms with Crippen molar-refractivity contribution in [1.82, 2.24) is 4.31 Å². The first-order valence-electron chi connectivity index (χ1n) is 6.52. The molecule has 0 aromatic heterocycles. The van der Waals surface area contributed by atoms with Crippen molar-refractivity contribution in [3.8, 4) is 5.75 Å². The second kappa shape index (κ2) is 6.36. The van der Waals surface area contributed by atoms with Crippen LogP contribution in [-0.2, 0) is 16.6 Å². The first-order chi connectivity index (χ1) is 9.13. The van der Waals surface area contributed by atoms with E-state index in [1.54, 1.807) is 0 Å². The summed E-state index contributed by atoms with van der Waals surface area (Å²) in [5, 5.41) is 0. The predicted octanol–water partition coefficient (Wildman–Crippen LogP) is 0.950. The molecule has 0 atom stereocenters. The lowest BCUT2D eigenvalue weighted by molar-refractivity contribution is 0.293. The highest BCUT2D eigenvalue weighted by Gasteiger charge is 2.25. The van der Waals surface area contributed by atoms with Crippen LogP contribution in [-0.4, -0.2) is 38.2 Å². The van der Waals surface area contributed by atoms with Crippen LogP contribution in [0.25, 0.3) is 0 Å². The molecule has 0 saturated carbocycles. The van der Waals surface area contributed by atoms with Crippen LogP contribution in [0, 0.1) is 0 Å². The summed E-state index contributed by atoms with van der Waals surface area (Å²) in [6.07, 6.45) is 1.35. The number of para-hydroxylation sites is 1. The summed E-state index contributed by atoms with van der Waals surface area (Å²) < 4.78 is 31.6. The molecule has 1 aromatic carbocycles. The van der Waals surface area contributed by atoms with E-state index in [4.69, 9.17) is 10.5 Å². The number of hydrogen-bond donors (Lipinski definition) is 1. The van der Waals surface area contributed by atoms with Crippen molar-refractivity contribution in [3.63, 3.8) is 0 Å². The lowest BCUT2D eigenvalue weighted by Crippen LogP contribution is -2.34. The average Bonchev–Trinajstić information content (AvgIpc) is 2.61. The van der Waals surface area contributed by atoms with Gasteiger partial charge in [-0.15, -0.1) is 0 Å². The number of rotatable bonds is 5. The van der Waals surface area contributed by atoms with Crippen molar-refractivity contribution in [1.29, 1.82) is 0 Å². The summed E-state index contributed by atoms with van der Waals surface area (Å²) in [6.45, 7) is 1.72. The van der Waals surface area contributed by atoms with E-state index in [2.05, 4.69) is 0 Å². The minimum absolute atomic E-state index is 0.159.